The van der Waals surface area contributed by atoms with Crippen LogP contribution in [-0.2, 0) is 4.79 Å². The molecule has 136 valence electrons. The topological polar surface area (TPSA) is 61.4 Å². The van der Waals surface area contributed by atoms with Crippen LogP contribution in [0.15, 0.2) is 24.3 Å². The first-order valence-corrected chi connectivity index (χ1v) is 9.55. The number of hydrogen-bond acceptors (Lipinski definition) is 2. The Morgan fingerprint density at radius 2 is 1.76 bits per heavy atom. The van der Waals surface area contributed by atoms with Gasteiger partial charge in [-0.15, -0.1) is 0 Å². The molecule has 1 heterocycles. The summed E-state index contributed by atoms with van der Waals surface area (Å²) in [4.78, 5) is 26.8. The molecule has 1 aromatic rings. The van der Waals surface area contributed by atoms with Crippen LogP contribution in [0.3, 0.4) is 0 Å². The van der Waals surface area contributed by atoms with E-state index in [1.807, 2.05) is 31.2 Å². The molecule has 25 heavy (non-hydrogen) atoms. The Morgan fingerprint density at radius 3 is 2.48 bits per heavy atom. The fraction of sp³-hybridized carbons (Fsp3) is 0.600. The summed E-state index contributed by atoms with van der Waals surface area (Å²) in [6.07, 6.45) is 7.91. The Balaban J connectivity index is 1.52. The van der Waals surface area contributed by atoms with Crippen LogP contribution in [-0.4, -0.2) is 36.0 Å². The van der Waals surface area contributed by atoms with Crippen molar-refractivity contribution < 1.29 is 9.59 Å². The quantitative estimate of drug-likeness (QED) is 0.876. The number of rotatable bonds is 4. The number of amides is 3. The SMILES string of the molecule is Cc1ccc(NC(=O)N2CCC[C@@H]2C(=O)NCC2CCCCC2)cc1. The van der Waals surface area contributed by atoms with E-state index in [2.05, 4.69) is 10.6 Å². The fourth-order valence-electron chi connectivity index (χ4n) is 3.87. The molecule has 2 N–H and O–H groups in total. The number of hydrogen-bond donors (Lipinski definition) is 2. The van der Waals surface area contributed by atoms with E-state index in [1.54, 1.807) is 4.90 Å². The fourth-order valence-corrected chi connectivity index (χ4v) is 3.87. The molecule has 0 bridgehead atoms. The smallest absolute Gasteiger partial charge is 0.322 e. The second kappa shape index (κ2) is 8.37. The standard InChI is InChI=1S/C20H29N3O2/c1-15-9-11-17(12-10-15)22-20(25)23-13-5-8-18(23)19(24)21-14-16-6-3-2-4-7-16/h9-12,16,18H,2-8,13-14H2,1H3,(H,21,24)(H,22,25)/t18-/m1/s1. The van der Waals surface area contributed by atoms with Gasteiger partial charge < -0.3 is 15.5 Å². The summed E-state index contributed by atoms with van der Waals surface area (Å²) in [5.41, 5.74) is 1.92. The van der Waals surface area contributed by atoms with Crippen molar-refractivity contribution in [3.63, 3.8) is 0 Å². The number of carbonyl (C=O) groups is 2. The van der Waals surface area contributed by atoms with Crippen LogP contribution in [0, 0.1) is 12.8 Å². The molecular weight excluding hydrogens is 314 g/mol. The van der Waals surface area contributed by atoms with Crippen molar-refractivity contribution in [1.82, 2.24) is 10.2 Å². The van der Waals surface area contributed by atoms with Crippen molar-refractivity contribution >= 4 is 17.6 Å². The zero-order valence-corrected chi connectivity index (χ0v) is 15.1. The highest BCUT2D eigenvalue weighted by Crippen LogP contribution is 2.23. The van der Waals surface area contributed by atoms with Gasteiger partial charge >= 0.3 is 6.03 Å². The molecule has 1 aliphatic heterocycles. The first kappa shape index (κ1) is 17.8. The van der Waals surface area contributed by atoms with Crippen molar-refractivity contribution in [1.29, 1.82) is 0 Å². The number of nitrogens with one attached hydrogen (secondary N) is 2. The van der Waals surface area contributed by atoms with E-state index >= 15 is 0 Å². The summed E-state index contributed by atoms with van der Waals surface area (Å²) >= 11 is 0. The van der Waals surface area contributed by atoms with Crippen molar-refractivity contribution in [2.45, 2.75) is 57.9 Å². The van der Waals surface area contributed by atoms with Gasteiger partial charge in [-0.3, -0.25) is 4.79 Å². The van der Waals surface area contributed by atoms with Gasteiger partial charge in [0.05, 0.1) is 0 Å². The maximum absolute atomic E-state index is 12.6. The minimum atomic E-state index is -0.339. The van der Waals surface area contributed by atoms with Crippen molar-refractivity contribution in [2.24, 2.45) is 5.92 Å². The average molecular weight is 343 g/mol. The molecule has 3 rings (SSSR count). The number of carbonyl (C=O) groups excluding carboxylic acids is 2. The molecule has 5 nitrogen and oxygen atoms in total. The van der Waals surface area contributed by atoms with Crippen LogP contribution in [0.25, 0.3) is 0 Å². The maximum atomic E-state index is 12.6. The second-order valence-corrected chi connectivity index (χ2v) is 7.40. The normalized spacial score (nSPS) is 21.2. The number of aryl methyl sites for hydroxylation is 1. The molecular formula is C20H29N3O2. The van der Waals surface area contributed by atoms with Gasteiger partial charge in [0, 0.05) is 18.8 Å². The van der Waals surface area contributed by atoms with Gasteiger partial charge in [-0.05, 0) is 50.7 Å². The summed E-state index contributed by atoms with van der Waals surface area (Å²) in [5, 5.41) is 6.00. The van der Waals surface area contributed by atoms with Crippen LogP contribution in [0.2, 0.25) is 0 Å². The number of urea groups is 1. The molecule has 2 fully saturated rings. The Hall–Kier alpha value is -2.04. The van der Waals surface area contributed by atoms with Crippen LogP contribution < -0.4 is 10.6 Å². The van der Waals surface area contributed by atoms with E-state index in [0.717, 1.165) is 30.6 Å². The third-order valence-electron chi connectivity index (χ3n) is 5.41. The third kappa shape index (κ3) is 4.74. The van der Waals surface area contributed by atoms with Crippen LogP contribution in [0.5, 0.6) is 0 Å². The Bertz CT molecular complexity index is 593. The lowest BCUT2D eigenvalue weighted by Gasteiger charge is -2.26. The highest BCUT2D eigenvalue weighted by atomic mass is 16.2. The molecule has 0 spiro atoms. The van der Waals surface area contributed by atoms with Crippen molar-refractivity contribution in [2.75, 3.05) is 18.4 Å². The first-order valence-electron chi connectivity index (χ1n) is 9.55. The van der Waals surface area contributed by atoms with Crippen LogP contribution in [0.4, 0.5) is 10.5 Å². The highest BCUT2D eigenvalue weighted by molar-refractivity contribution is 5.94. The molecule has 0 unspecified atom stereocenters. The predicted molar refractivity (Wildman–Crippen MR) is 99.5 cm³/mol. The van der Waals surface area contributed by atoms with Gasteiger partial charge in [-0.1, -0.05) is 37.0 Å². The summed E-state index contributed by atoms with van der Waals surface area (Å²) in [6.45, 7) is 3.40. The second-order valence-electron chi connectivity index (χ2n) is 7.40. The van der Waals surface area contributed by atoms with Crippen LogP contribution >= 0.6 is 0 Å². The molecule has 1 saturated carbocycles. The molecule has 1 aliphatic carbocycles. The minimum Gasteiger partial charge on any atom is -0.354 e. The number of anilines is 1. The molecule has 5 heteroatoms. The van der Waals surface area contributed by atoms with E-state index in [9.17, 15) is 9.59 Å². The van der Waals surface area contributed by atoms with E-state index in [1.165, 1.54) is 32.1 Å². The largest absolute Gasteiger partial charge is 0.354 e. The van der Waals surface area contributed by atoms with Crippen molar-refractivity contribution in [3.8, 4) is 0 Å². The molecule has 2 aliphatic rings. The van der Waals surface area contributed by atoms with Crippen LogP contribution in [0.1, 0.15) is 50.5 Å². The molecule has 0 aromatic heterocycles. The zero-order valence-electron chi connectivity index (χ0n) is 15.1. The van der Waals surface area contributed by atoms with E-state index < -0.39 is 0 Å². The van der Waals surface area contributed by atoms with Gasteiger partial charge in [0.25, 0.3) is 0 Å². The van der Waals surface area contributed by atoms with Crippen molar-refractivity contribution in [3.05, 3.63) is 29.8 Å². The van der Waals surface area contributed by atoms with Gasteiger partial charge in [0.2, 0.25) is 5.91 Å². The monoisotopic (exact) mass is 343 g/mol. The minimum absolute atomic E-state index is 0.00197. The molecule has 0 radical (unpaired) electrons. The molecule has 1 aromatic carbocycles. The number of likely N-dealkylation sites (tertiary alicyclic amines) is 1. The highest BCUT2D eigenvalue weighted by Gasteiger charge is 2.34. The summed E-state index contributed by atoms with van der Waals surface area (Å²) < 4.78 is 0. The lowest BCUT2D eigenvalue weighted by molar-refractivity contribution is -0.124. The summed E-state index contributed by atoms with van der Waals surface area (Å²) in [5.74, 6) is 0.607. The van der Waals surface area contributed by atoms with E-state index in [4.69, 9.17) is 0 Å². The Kier molecular flexibility index (Phi) is 5.95. The van der Waals surface area contributed by atoms with E-state index in [0.29, 0.717) is 12.5 Å². The molecule has 1 atom stereocenters. The Morgan fingerprint density at radius 1 is 1.04 bits per heavy atom. The summed E-state index contributed by atoms with van der Waals surface area (Å²) in [7, 11) is 0. The number of nitrogens with zero attached hydrogens (tertiary/aromatic N) is 1. The Labute approximate surface area is 150 Å². The lowest BCUT2D eigenvalue weighted by Crippen LogP contribution is -2.48. The number of benzene rings is 1. The first-order chi connectivity index (χ1) is 12.1. The zero-order chi connectivity index (χ0) is 17.6. The van der Waals surface area contributed by atoms with Gasteiger partial charge in [-0.25, -0.2) is 4.79 Å². The maximum Gasteiger partial charge on any atom is 0.322 e. The lowest BCUT2D eigenvalue weighted by atomic mass is 9.89. The molecule has 3 amide bonds. The van der Waals surface area contributed by atoms with Gasteiger partial charge in [-0.2, -0.15) is 0 Å². The predicted octanol–water partition coefficient (Wildman–Crippen LogP) is 3.69. The van der Waals surface area contributed by atoms with E-state index in [-0.39, 0.29) is 18.0 Å². The van der Waals surface area contributed by atoms with Gasteiger partial charge in [0.15, 0.2) is 0 Å². The average Bonchev–Trinajstić information content (AvgIpc) is 3.12. The van der Waals surface area contributed by atoms with Gasteiger partial charge in [0.1, 0.15) is 6.04 Å². The summed E-state index contributed by atoms with van der Waals surface area (Å²) in [6, 6.07) is 7.19. The molecule has 1 saturated heterocycles. The third-order valence-corrected chi connectivity index (χ3v) is 5.41.